The lowest BCUT2D eigenvalue weighted by Gasteiger charge is -2.14. The number of nitrogens with two attached hydrogens (primary N) is 1. The molecule has 116 valence electrons. The second-order valence-corrected chi connectivity index (χ2v) is 4.33. The summed E-state index contributed by atoms with van der Waals surface area (Å²) in [6, 6.07) is 4.08. The zero-order valence-electron chi connectivity index (χ0n) is 12.1. The van der Waals surface area contributed by atoms with E-state index in [-0.39, 0.29) is 12.8 Å². The molecule has 1 aromatic rings. The fraction of sp³-hybridized carbons (Fsp3) is 0.429. The molecule has 21 heavy (non-hydrogen) atoms. The van der Waals surface area contributed by atoms with Crippen molar-refractivity contribution < 1.29 is 24.2 Å². The van der Waals surface area contributed by atoms with E-state index in [1.165, 1.54) is 7.11 Å². The van der Waals surface area contributed by atoms with Crippen LogP contribution in [-0.4, -0.2) is 36.7 Å². The lowest BCUT2D eigenvalue weighted by molar-refractivity contribution is -0.137. The maximum Gasteiger partial charge on any atom is 0.303 e. The molecule has 0 aromatic heterocycles. The van der Waals surface area contributed by atoms with Gasteiger partial charge in [-0.15, -0.1) is 0 Å². The number of benzene rings is 1. The minimum Gasteiger partial charge on any atom is -0.493 e. The van der Waals surface area contributed by atoms with E-state index >= 15 is 0 Å². The second-order valence-electron chi connectivity index (χ2n) is 4.33. The van der Waals surface area contributed by atoms with Gasteiger partial charge in [0.2, 0.25) is 5.91 Å². The number of carboxylic acids is 1. The molecule has 1 amide bonds. The first-order valence-electron chi connectivity index (χ1n) is 6.57. The smallest absolute Gasteiger partial charge is 0.303 e. The molecule has 1 aromatic carbocycles. The van der Waals surface area contributed by atoms with Crippen LogP contribution in [0.4, 0.5) is 5.69 Å². The van der Waals surface area contributed by atoms with Gasteiger partial charge in [-0.05, 0) is 25.5 Å². The van der Waals surface area contributed by atoms with E-state index < -0.39 is 17.9 Å². The molecule has 7 heteroatoms. The van der Waals surface area contributed by atoms with E-state index in [4.69, 9.17) is 20.3 Å². The molecule has 1 rings (SSSR count). The van der Waals surface area contributed by atoms with Crippen LogP contribution in [-0.2, 0) is 9.59 Å². The zero-order valence-corrected chi connectivity index (χ0v) is 12.1. The summed E-state index contributed by atoms with van der Waals surface area (Å²) in [5.41, 5.74) is 6.14. The van der Waals surface area contributed by atoms with E-state index in [0.29, 0.717) is 23.8 Å². The Morgan fingerprint density at radius 3 is 2.67 bits per heavy atom. The molecule has 0 saturated carbocycles. The third-order valence-corrected chi connectivity index (χ3v) is 2.74. The van der Waals surface area contributed by atoms with E-state index in [0.717, 1.165) is 0 Å². The van der Waals surface area contributed by atoms with Crippen LogP contribution < -0.4 is 20.5 Å². The Labute approximate surface area is 123 Å². The van der Waals surface area contributed by atoms with Crippen molar-refractivity contribution in [3.63, 3.8) is 0 Å². The molecule has 0 spiro atoms. The summed E-state index contributed by atoms with van der Waals surface area (Å²) in [5.74, 6) is -0.356. The van der Waals surface area contributed by atoms with Gasteiger partial charge in [-0.2, -0.15) is 0 Å². The van der Waals surface area contributed by atoms with Crippen LogP contribution in [0.15, 0.2) is 18.2 Å². The quantitative estimate of drug-likeness (QED) is 0.665. The lowest BCUT2D eigenvalue weighted by atomic mass is 10.1. The zero-order chi connectivity index (χ0) is 15.8. The van der Waals surface area contributed by atoms with Gasteiger partial charge >= 0.3 is 5.97 Å². The number of anilines is 1. The van der Waals surface area contributed by atoms with Crippen molar-refractivity contribution in [1.82, 2.24) is 0 Å². The number of aliphatic carboxylic acids is 1. The van der Waals surface area contributed by atoms with Crippen LogP contribution >= 0.6 is 0 Å². The number of hydrogen-bond acceptors (Lipinski definition) is 5. The molecule has 0 radical (unpaired) electrons. The summed E-state index contributed by atoms with van der Waals surface area (Å²) in [7, 11) is 1.50. The molecular formula is C14H20N2O5. The van der Waals surface area contributed by atoms with Gasteiger partial charge in [-0.25, -0.2) is 0 Å². The number of hydrogen-bond donors (Lipinski definition) is 3. The van der Waals surface area contributed by atoms with Crippen molar-refractivity contribution in [2.45, 2.75) is 25.8 Å². The molecule has 1 unspecified atom stereocenters. The molecule has 0 fully saturated rings. The highest BCUT2D eigenvalue weighted by molar-refractivity contribution is 5.95. The number of amides is 1. The predicted molar refractivity (Wildman–Crippen MR) is 77.6 cm³/mol. The summed E-state index contributed by atoms with van der Waals surface area (Å²) in [6.07, 6.45) is -0.0729. The van der Waals surface area contributed by atoms with Crippen molar-refractivity contribution in [2.24, 2.45) is 5.73 Å². The minimum absolute atomic E-state index is 0.0787. The number of rotatable bonds is 8. The van der Waals surface area contributed by atoms with Crippen molar-refractivity contribution in [3.05, 3.63) is 18.2 Å². The van der Waals surface area contributed by atoms with E-state index in [9.17, 15) is 9.59 Å². The van der Waals surface area contributed by atoms with Crippen LogP contribution in [0.5, 0.6) is 11.5 Å². The first kappa shape index (κ1) is 16.8. The van der Waals surface area contributed by atoms with Gasteiger partial charge in [0.15, 0.2) is 11.5 Å². The lowest BCUT2D eigenvalue weighted by Crippen LogP contribution is -2.36. The Morgan fingerprint density at radius 2 is 2.10 bits per heavy atom. The highest BCUT2D eigenvalue weighted by Gasteiger charge is 2.16. The van der Waals surface area contributed by atoms with E-state index in [1.807, 2.05) is 6.92 Å². The third-order valence-electron chi connectivity index (χ3n) is 2.74. The van der Waals surface area contributed by atoms with Crippen molar-refractivity contribution in [1.29, 1.82) is 0 Å². The number of carbonyl (C=O) groups excluding carboxylic acids is 1. The Bertz CT molecular complexity index is 504. The monoisotopic (exact) mass is 296 g/mol. The van der Waals surface area contributed by atoms with Gasteiger partial charge in [-0.1, -0.05) is 0 Å². The molecule has 7 nitrogen and oxygen atoms in total. The van der Waals surface area contributed by atoms with Gasteiger partial charge in [0.05, 0.1) is 19.8 Å². The normalized spacial score (nSPS) is 11.6. The Balaban J connectivity index is 2.69. The molecule has 0 heterocycles. The number of nitrogens with one attached hydrogen (secondary N) is 1. The summed E-state index contributed by atoms with van der Waals surface area (Å²) < 4.78 is 10.5. The molecule has 0 bridgehead atoms. The molecule has 4 N–H and O–H groups in total. The highest BCUT2D eigenvalue weighted by Crippen LogP contribution is 2.30. The summed E-state index contributed by atoms with van der Waals surface area (Å²) >= 11 is 0. The molecular weight excluding hydrogens is 276 g/mol. The van der Waals surface area contributed by atoms with Gasteiger partial charge in [-0.3, -0.25) is 9.59 Å². The van der Waals surface area contributed by atoms with Gasteiger partial charge in [0.25, 0.3) is 0 Å². The molecule has 1 atom stereocenters. The topological polar surface area (TPSA) is 111 Å². The molecule has 0 aliphatic rings. The predicted octanol–water partition coefficient (Wildman–Crippen LogP) is 1.22. The van der Waals surface area contributed by atoms with Crippen molar-refractivity contribution >= 4 is 17.6 Å². The minimum atomic E-state index is -0.985. The maximum atomic E-state index is 11.8. The van der Waals surface area contributed by atoms with Crippen molar-refractivity contribution in [2.75, 3.05) is 19.0 Å². The second kappa shape index (κ2) is 8.11. The largest absolute Gasteiger partial charge is 0.493 e. The molecule has 0 aliphatic heterocycles. The standard InChI is InChI=1S/C14H20N2O5/c1-3-21-11-6-4-9(8-12(11)20-2)16-14(19)10(15)5-7-13(17)18/h4,6,8,10H,3,5,7,15H2,1-2H3,(H,16,19)(H,17,18). The van der Waals surface area contributed by atoms with Crippen LogP contribution in [0.3, 0.4) is 0 Å². The SMILES string of the molecule is CCOc1ccc(NC(=O)C(N)CCC(=O)O)cc1OC. The van der Waals surface area contributed by atoms with Crippen LogP contribution in [0.2, 0.25) is 0 Å². The number of carbonyl (C=O) groups is 2. The van der Waals surface area contributed by atoms with Crippen LogP contribution in [0, 0.1) is 0 Å². The van der Waals surface area contributed by atoms with Crippen LogP contribution in [0.25, 0.3) is 0 Å². The average Bonchev–Trinajstić information content (AvgIpc) is 2.46. The van der Waals surface area contributed by atoms with Gasteiger partial charge in [0.1, 0.15) is 0 Å². The first-order valence-corrected chi connectivity index (χ1v) is 6.57. The average molecular weight is 296 g/mol. The van der Waals surface area contributed by atoms with Gasteiger partial charge < -0.3 is 25.6 Å². The first-order chi connectivity index (χ1) is 9.97. The van der Waals surface area contributed by atoms with E-state index in [2.05, 4.69) is 5.32 Å². The fourth-order valence-electron chi connectivity index (χ4n) is 1.67. The summed E-state index contributed by atoms with van der Waals surface area (Å²) in [5, 5.41) is 11.2. The van der Waals surface area contributed by atoms with Crippen molar-refractivity contribution in [3.8, 4) is 11.5 Å². The Morgan fingerprint density at radius 1 is 1.38 bits per heavy atom. The number of methoxy groups -OCH3 is 1. The summed E-state index contributed by atoms with van der Waals surface area (Å²) in [4.78, 5) is 22.3. The van der Waals surface area contributed by atoms with Gasteiger partial charge in [0, 0.05) is 18.2 Å². The molecule has 0 aliphatic carbocycles. The van der Waals surface area contributed by atoms with E-state index in [1.54, 1.807) is 18.2 Å². The third kappa shape index (κ3) is 5.31. The number of ether oxygens (including phenoxy) is 2. The van der Waals surface area contributed by atoms with Crippen LogP contribution in [0.1, 0.15) is 19.8 Å². The maximum absolute atomic E-state index is 11.8. The summed E-state index contributed by atoms with van der Waals surface area (Å²) in [6.45, 7) is 2.36. The highest BCUT2D eigenvalue weighted by atomic mass is 16.5. The molecule has 0 saturated heterocycles. The Kier molecular flexibility index (Phi) is 6.48. The number of carboxylic acid groups (broad SMARTS) is 1. The Hall–Kier alpha value is -2.28. The fourth-order valence-corrected chi connectivity index (χ4v) is 1.67.